The number of piperidine rings is 1. The molecule has 7 heteroatoms. The molecule has 1 unspecified atom stereocenters. The molecule has 2 aromatic rings. The van der Waals surface area contributed by atoms with Crippen LogP contribution in [-0.4, -0.2) is 44.5 Å². The van der Waals surface area contributed by atoms with Crippen LogP contribution in [0, 0.1) is 0 Å². The molecule has 23 heavy (non-hydrogen) atoms. The van der Waals surface area contributed by atoms with Crippen molar-refractivity contribution < 1.29 is 18.7 Å². The van der Waals surface area contributed by atoms with Crippen molar-refractivity contribution in [3.8, 4) is 11.4 Å². The molecule has 1 atom stereocenters. The lowest BCUT2D eigenvalue weighted by molar-refractivity contribution is -0.154. The van der Waals surface area contributed by atoms with Crippen LogP contribution in [0.3, 0.4) is 0 Å². The lowest BCUT2D eigenvalue weighted by Crippen LogP contribution is -2.50. The summed E-state index contributed by atoms with van der Waals surface area (Å²) in [6.45, 7) is 0.302. The monoisotopic (exact) mass is 321 g/mol. The number of alkyl halides is 2. The predicted molar refractivity (Wildman–Crippen MR) is 80.0 cm³/mol. The Morgan fingerprint density at radius 3 is 2.83 bits per heavy atom. The number of aliphatic carboxylic acids is 1. The van der Waals surface area contributed by atoms with E-state index in [1.54, 1.807) is 11.1 Å². The van der Waals surface area contributed by atoms with E-state index in [9.17, 15) is 18.7 Å². The van der Waals surface area contributed by atoms with E-state index in [1.165, 1.54) is 0 Å². The van der Waals surface area contributed by atoms with Crippen LogP contribution in [0.1, 0.15) is 18.5 Å². The Morgan fingerprint density at radius 2 is 2.13 bits per heavy atom. The number of aromatic amines is 1. The first-order chi connectivity index (χ1) is 10.9. The van der Waals surface area contributed by atoms with Crippen molar-refractivity contribution in [2.75, 3.05) is 6.54 Å². The van der Waals surface area contributed by atoms with Crippen LogP contribution in [-0.2, 0) is 11.3 Å². The molecule has 1 aliphatic rings. The number of carboxylic acid groups (broad SMARTS) is 1. The smallest absolute Gasteiger partial charge is 0.321 e. The number of rotatable bonds is 4. The Labute approximate surface area is 132 Å². The summed E-state index contributed by atoms with van der Waals surface area (Å²) in [6, 6.07) is 8.32. The number of H-pyrrole nitrogens is 1. The molecule has 1 aromatic carbocycles. The van der Waals surface area contributed by atoms with Gasteiger partial charge in [0.15, 0.2) is 0 Å². The fraction of sp³-hybridized carbons (Fsp3) is 0.375. The van der Waals surface area contributed by atoms with Crippen molar-refractivity contribution in [2.24, 2.45) is 0 Å². The number of aromatic nitrogens is 2. The van der Waals surface area contributed by atoms with E-state index in [0.29, 0.717) is 11.5 Å². The summed E-state index contributed by atoms with van der Waals surface area (Å²) < 4.78 is 26.9. The average Bonchev–Trinajstić information content (AvgIpc) is 2.98. The Balaban J connectivity index is 1.74. The highest BCUT2D eigenvalue weighted by Gasteiger charge is 2.43. The molecule has 2 N–H and O–H groups in total. The van der Waals surface area contributed by atoms with Crippen LogP contribution in [0.5, 0.6) is 0 Å². The van der Waals surface area contributed by atoms with Gasteiger partial charge in [0.25, 0.3) is 5.92 Å². The van der Waals surface area contributed by atoms with Crippen molar-refractivity contribution in [3.05, 3.63) is 42.2 Å². The van der Waals surface area contributed by atoms with Crippen molar-refractivity contribution in [1.82, 2.24) is 14.9 Å². The third-order valence-corrected chi connectivity index (χ3v) is 4.03. The molecule has 122 valence electrons. The van der Waals surface area contributed by atoms with Gasteiger partial charge in [-0.05, 0) is 0 Å². The summed E-state index contributed by atoms with van der Waals surface area (Å²) in [5, 5.41) is 9.20. The van der Waals surface area contributed by atoms with Gasteiger partial charge in [0.05, 0.1) is 0 Å². The maximum Gasteiger partial charge on any atom is 0.321 e. The molecule has 2 heterocycles. The normalized spacial score (nSPS) is 21.2. The first-order valence-electron chi connectivity index (χ1n) is 7.39. The number of benzene rings is 1. The lowest BCUT2D eigenvalue weighted by Gasteiger charge is -2.36. The molecule has 3 rings (SSSR count). The molecule has 1 fully saturated rings. The lowest BCUT2D eigenvalue weighted by atomic mass is 9.98. The Kier molecular flexibility index (Phi) is 4.12. The Bertz CT molecular complexity index is 688. The first kappa shape index (κ1) is 15.6. The number of carboxylic acids is 1. The minimum absolute atomic E-state index is 0.0453. The number of nitrogens with one attached hydrogen (secondary N) is 1. The fourth-order valence-corrected chi connectivity index (χ4v) is 2.81. The van der Waals surface area contributed by atoms with Crippen molar-refractivity contribution in [1.29, 1.82) is 0 Å². The molecule has 5 nitrogen and oxygen atoms in total. The van der Waals surface area contributed by atoms with E-state index in [4.69, 9.17) is 0 Å². The highest BCUT2D eigenvalue weighted by molar-refractivity contribution is 5.73. The zero-order valence-corrected chi connectivity index (χ0v) is 12.4. The summed E-state index contributed by atoms with van der Waals surface area (Å²) >= 11 is 0. The van der Waals surface area contributed by atoms with Crippen molar-refractivity contribution in [2.45, 2.75) is 31.4 Å². The summed E-state index contributed by atoms with van der Waals surface area (Å²) in [5.41, 5.74) is 1.62. The number of carbonyl (C=O) groups is 1. The minimum Gasteiger partial charge on any atom is -0.480 e. The summed E-state index contributed by atoms with van der Waals surface area (Å²) in [4.78, 5) is 20.2. The first-order valence-corrected chi connectivity index (χ1v) is 7.39. The molecular formula is C16H17F2N3O2. The molecule has 0 bridgehead atoms. The van der Waals surface area contributed by atoms with E-state index < -0.39 is 24.4 Å². The maximum atomic E-state index is 13.4. The minimum atomic E-state index is -2.91. The van der Waals surface area contributed by atoms with Gasteiger partial charge in [-0.15, -0.1) is 0 Å². The van der Waals surface area contributed by atoms with Gasteiger partial charge in [-0.1, -0.05) is 30.3 Å². The second-order valence-electron chi connectivity index (χ2n) is 5.76. The van der Waals surface area contributed by atoms with Crippen LogP contribution < -0.4 is 0 Å². The Hall–Kier alpha value is -2.28. The van der Waals surface area contributed by atoms with E-state index in [-0.39, 0.29) is 19.5 Å². The number of imidazole rings is 1. The second-order valence-corrected chi connectivity index (χ2v) is 5.76. The van der Waals surface area contributed by atoms with E-state index in [2.05, 4.69) is 9.97 Å². The van der Waals surface area contributed by atoms with Gasteiger partial charge in [-0.3, -0.25) is 9.69 Å². The van der Waals surface area contributed by atoms with Crippen molar-refractivity contribution >= 4 is 5.97 Å². The highest BCUT2D eigenvalue weighted by Crippen LogP contribution is 2.32. The van der Waals surface area contributed by atoms with E-state index >= 15 is 0 Å². The SMILES string of the molecule is O=C(O)C1CC(F)(F)CCN1Cc1cnc(-c2ccccc2)[nH]1. The average molecular weight is 321 g/mol. The number of nitrogens with zero attached hydrogens (tertiary/aromatic N) is 2. The van der Waals surface area contributed by atoms with Gasteiger partial charge in [0, 0.05) is 43.4 Å². The molecule has 1 aromatic heterocycles. The number of halogens is 2. The topological polar surface area (TPSA) is 69.2 Å². The van der Waals surface area contributed by atoms with Crippen LogP contribution in [0.2, 0.25) is 0 Å². The molecule has 0 radical (unpaired) electrons. The van der Waals surface area contributed by atoms with Crippen LogP contribution in [0.4, 0.5) is 8.78 Å². The number of hydrogen-bond donors (Lipinski definition) is 2. The highest BCUT2D eigenvalue weighted by atomic mass is 19.3. The van der Waals surface area contributed by atoms with Gasteiger partial charge in [0.2, 0.25) is 0 Å². The molecule has 0 amide bonds. The van der Waals surface area contributed by atoms with Gasteiger partial charge < -0.3 is 10.1 Å². The number of likely N-dealkylation sites (tertiary alicyclic amines) is 1. The quantitative estimate of drug-likeness (QED) is 0.908. The van der Waals surface area contributed by atoms with Gasteiger partial charge in [-0.2, -0.15) is 0 Å². The summed E-state index contributed by atoms with van der Waals surface area (Å²) in [5.74, 6) is -3.45. The van der Waals surface area contributed by atoms with Gasteiger partial charge >= 0.3 is 5.97 Å². The van der Waals surface area contributed by atoms with Gasteiger partial charge in [0.1, 0.15) is 11.9 Å². The third kappa shape index (κ3) is 3.56. The van der Waals surface area contributed by atoms with E-state index in [0.717, 1.165) is 5.56 Å². The molecule has 1 saturated heterocycles. The van der Waals surface area contributed by atoms with Crippen LogP contribution >= 0.6 is 0 Å². The molecule has 0 aliphatic carbocycles. The Morgan fingerprint density at radius 1 is 1.39 bits per heavy atom. The molecule has 1 aliphatic heterocycles. The number of hydrogen-bond acceptors (Lipinski definition) is 3. The maximum absolute atomic E-state index is 13.4. The van der Waals surface area contributed by atoms with E-state index in [1.807, 2.05) is 30.3 Å². The predicted octanol–water partition coefficient (Wildman–Crippen LogP) is 2.76. The fourth-order valence-electron chi connectivity index (χ4n) is 2.81. The molecule has 0 spiro atoms. The van der Waals surface area contributed by atoms with Crippen molar-refractivity contribution in [3.63, 3.8) is 0 Å². The largest absolute Gasteiger partial charge is 0.480 e. The third-order valence-electron chi connectivity index (χ3n) is 4.03. The van der Waals surface area contributed by atoms with Crippen LogP contribution in [0.25, 0.3) is 11.4 Å². The molecular weight excluding hydrogens is 304 g/mol. The zero-order valence-electron chi connectivity index (χ0n) is 12.4. The molecule has 0 saturated carbocycles. The zero-order chi connectivity index (χ0) is 16.4. The summed E-state index contributed by atoms with van der Waals surface area (Å²) in [7, 11) is 0. The summed E-state index contributed by atoms with van der Waals surface area (Å²) in [6.07, 6.45) is 0.645. The standard InChI is InChI=1S/C16H17F2N3O2/c17-16(18)6-7-21(13(8-16)15(22)23)10-12-9-19-14(20-12)11-4-2-1-3-5-11/h1-5,9,13H,6-8,10H2,(H,19,20)(H,22,23). The van der Waals surface area contributed by atoms with Gasteiger partial charge in [-0.25, -0.2) is 13.8 Å². The van der Waals surface area contributed by atoms with Crippen LogP contribution in [0.15, 0.2) is 36.5 Å². The second kappa shape index (κ2) is 6.08.